The third-order valence-corrected chi connectivity index (χ3v) is 3.58. The molecule has 0 heterocycles. The molecule has 3 N–H and O–H groups in total. The van der Waals surface area contributed by atoms with Crippen LogP contribution in [0.5, 0.6) is 0 Å². The van der Waals surface area contributed by atoms with E-state index in [0.717, 1.165) is 4.72 Å². The second-order valence-electron chi connectivity index (χ2n) is 3.68. The second kappa shape index (κ2) is 5.58. The summed E-state index contributed by atoms with van der Waals surface area (Å²) >= 11 is 0. The van der Waals surface area contributed by atoms with Gasteiger partial charge in [0.1, 0.15) is 0 Å². The van der Waals surface area contributed by atoms with Crippen molar-refractivity contribution in [2.75, 3.05) is 13.1 Å². The number of rotatable bonds is 5. The van der Waals surface area contributed by atoms with Gasteiger partial charge in [-0.3, -0.25) is 0 Å². The summed E-state index contributed by atoms with van der Waals surface area (Å²) < 4.78 is 102. The molecule has 1 aromatic carbocycles. The molecular weight excluding hydrogens is 314 g/mol. The Balaban J connectivity index is 3.24. The SMILES string of the molecule is NCC(F)(F)CNS(=O)(=O)c1c(F)c(F)cc(F)c1F. The van der Waals surface area contributed by atoms with E-state index in [1.54, 1.807) is 0 Å². The molecule has 1 rings (SSSR count). The van der Waals surface area contributed by atoms with Gasteiger partial charge in [-0.1, -0.05) is 0 Å². The Labute approximate surface area is 109 Å². The van der Waals surface area contributed by atoms with Gasteiger partial charge >= 0.3 is 0 Å². The minimum Gasteiger partial charge on any atom is -0.325 e. The zero-order valence-electron chi connectivity index (χ0n) is 9.56. The zero-order valence-corrected chi connectivity index (χ0v) is 10.4. The van der Waals surface area contributed by atoms with Crippen molar-refractivity contribution in [1.29, 1.82) is 0 Å². The number of benzene rings is 1. The van der Waals surface area contributed by atoms with E-state index in [9.17, 15) is 34.8 Å². The summed E-state index contributed by atoms with van der Waals surface area (Å²) in [6, 6.07) is -0.210. The molecule has 0 aliphatic heterocycles. The predicted octanol–water partition coefficient (Wildman–Crippen LogP) is 1.12. The first kappa shape index (κ1) is 16.7. The second-order valence-corrected chi connectivity index (χ2v) is 5.39. The Kier molecular flexibility index (Phi) is 4.66. The van der Waals surface area contributed by atoms with Crippen molar-refractivity contribution >= 4 is 10.0 Å². The molecule has 11 heteroatoms. The van der Waals surface area contributed by atoms with E-state index < -0.39 is 57.2 Å². The van der Waals surface area contributed by atoms with Crippen LogP contribution < -0.4 is 10.5 Å². The number of nitrogens with one attached hydrogen (secondary N) is 1. The molecule has 0 aromatic heterocycles. The minimum absolute atomic E-state index is 0.210. The number of hydrogen-bond donors (Lipinski definition) is 2. The highest BCUT2D eigenvalue weighted by Gasteiger charge is 2.34. The standard InChI is InChI=1S/C9H8F6N2O2S/c10-4-1-5(11)7(13)8(6(4)12)20(18,19)17-3-9(14,15)2-16/h1,17H,2-3,16H2. The monoisotopic (exact) mass is 322 g/mol. The topological polar surface area (TPSA) is 72.2 Å². The zero-order chi connectivity index (χ0) is 15.7. The highest BCUT2D eigenvalue weighted by Crippen LogP contribution is 2.24. The molecule has 0 fully saturated rings. The van der Waals surface area contributed by atoms with Crippen LogP contribution in [0, 0.1) is 23.3 Å². The summed E-state index contributed by atoms with van der Waals surface area (Å²) in [6.45, 7) is -2.82. The van der Waals surface area contributed by atoms with Crippen LogP contribution in [0.15, 0.2) is 11.0 Å². The smallest absolute Gasteiger partial charge is 0.273 e. The first-order valence-corrected chi connectivity index (χ1v) is 6.40. The summed E-state index contributed by atoms with van der Waals surface area (Å²) in [5, 5.41) is 0. The number of nitrogens with two attached hydrogens (primary N) is 1. The molecule has 0 saturated heterocycles. The summed E-state index contributed by atoms with van der Waals surface area (Å²) in [4.78, 5) is -2.01. The van der Waals surface area contributed by atoms with Crippen LogP contribution in [-0.4, -0.2) is 27.4 Å². The van der Waals surface area contributed by atoms with Crippen molar-refractivity contribution in [3.8, 4) is 0 Å². The van der Waals surface area contributed by atoms with E-state index in [0.29, 0.717) is 0 Å². The van der Waals surface area contributed by atoms with E-state index in [4.69, 9.17) is 0 Å². The van der Waals surface area contributed by atoms with Crippen LogP contribution in [0.4, 0.5) is 26.3 Å². The lowest BCUT2D eigenvalue weighted by Gasteiger charge is -2.15. The van der Waals surface area contributed by atoms with Crippen LogP contribution in [0.1, 0.15) is 0 Å². The van der Waals surface area contributed by atoms with Gasteiger partial charge in [-0.05, 0) is 0 Å². The molecule has 20 heavy (non-hydrogen) atoms. The molecule has 0 atom stereocenters. The molecule has 0 radical (unpaired) electrons. The Morgan fingerprint density at radius 2 is 1.55 bits per heavy atom. The highest BCUT2D eigenvalue weighted by atomic mass is 32.2. The quantitative estimate of drug-likeness (QED) is 0.630. The van der Waals surface area contributed by atoms with Gasteiger partial charge in [0.15, 0.2) is 28.2 Å². The van der Waals surface area contributed by atoms with E-state index in [-0.39, 0.29) is 6.07 Å². The lowest BCUT2D eigenvalue weighted by molar-refractivity contribution is 0.0170. The minimum atomic E-state index is -5.23. The van der Waals surface area contributed by atoms with Crippen molar-refractivity contribution < 1.29 is 34.8 Å². The van der Waals surface area contributed by atoms with E-state index >= 15 is 0 Å². The van der Waals surface area contributed by atoms with Crippen LogP contribution in [0.3, 0.4) is 0 Å². The van der Waals surface area contributed by atoms with E-state index in [1.165, 1.54) is 0 Å². The van der Waals surface area contributed by atoms with Crippen LogP contribution in [0.2, 0.25) is 0 Å². The van der Waals surface area contributed by atoms with Gasteiger partial charge in [-0.15, -0.1) is 0 Å². The first-order valence-electron chi connectivity index (χ1n) is 4.92. The maximum absolute atomic E-state index is 13.2. The van der Waals surface area contributed by atoms with Crippen molar-refractivity contribution in [2.45, 2.75) is 10.8 Å². The predicted molar refractivity (Wildman–Crippen MR) is 55.5 cm³/mol. The molecule has 0 spiro atoms. The average molecular weight is 322 g/mol. The molecule has 0 saturated carbocycles. The van der Waals surface area contributed by atoms with Gasteiger partial charge in [0.05, 0.1) is 13.1 Å². The fourth-order valence-corrected chi connectivity index (χ4v) is 2.34. The molecule has 114 valence electrons. The normalized spacial score (nSPS) is 12.8. The van der Waals surface area contributed by atoms with Gasteiger partial charge in [0.25, 0.3) is 5.92 Å². The summed E-state index contributed by atoms with van der Waals surface area (Å²) in [7, 11) is -5.23. The van der Waals surface area contributed by atoms with E-state index in [1.807, 2.05) is 0 Å². The third kappa shape index (κ3) is 3.41. The van der Waals surface area contributed by atoms with Crippen molar-refractivity contribution in [3.05, 3.63) is 29.3 Å². The van der Waals surface area contributed by atoms with Crippen molar-refractivity contribution in [2.24, 2.45) is 5.73 Å². The molecule has 0 unspecified atom stereocenters. The van der Waals surface area contributed by atoms with Gasteiger partial charge in [-0.2, -0.15) is 0 Å². The lowest BCUT2D eigenvalue weighted by atomic mass is 10.3. The molecule has 0 bridgehead atoms. The maximum Gasteiger partial charge on any atom is 0.273 e. The molecule has 0 aliphatic rings. The largest absolute Gasteiger partial charge is 0.325 e. The number of hydrogen-bond acceptors (Lipinski definition) is 3. The van der Waals surface area contributed by atoms with Crippen molar-refractivity contribution in [1.82, 2.24) is 4.72 Å². The Morgan fingerprint density at radius 1 is 1.10 bits per heavy atom. The van der Waals surface area contributed by atoms with Crippen molar-refractivity contribution in [3.63, 3.8) is 0 Å². The van der Waals surface area contributed by atoms with Gasteiger partial charge in [-0.25, -0.2) is 39.5 Å². The van der Waals surface area contributed by atoms with Crippen LogP contribution >= 0.6 is 0 Å². The fraction of sp³-hybridized carbons (Fsp3) is 0.333. The Hall–Kier alpha value is -1.33. The summed E-state index contributed by atoms with van der Waals surface area (Å²) in [5.41, 5.74) is 4.63. The molecule has 4 nitrogen and oxygen atoms in total. The first-order chi connectivity index (χ1) is 9.02. The molecule has 0 amide bonds. The summed E-state index contributed by atoms with van der Waals surface area (Å²) in [5.74, 6) is -12.1. The fourth-order valence-electron chi connectivity index (χ4n) is 1.13. The van der Waals surface area contributed by atoms with Crippen LogP contribution in [-0.2, 0) is 10.0 Å². The highest BCUT2D eigenvalue weighted by molar-refractivity contribution is 7.89. The van der Waals surface area contributed by atoms with Crippen LogP contribution in [0.25, 0.3) is 0 Å². The summed E-state index contributed by atoms with van der Waals surface area (Å²) in [6.07, 6.45) is 0. The maximum atomic E-state index is 13.2. The Morgan fingerprint density at radius 3 is 1.95 bits per heavy atom. The van der Waals surface area contributed by atoms with Gasteiger partial charge in [0, 0.05) is 6.07 Å². The Bertz CT molecular complexity index is 593. The van der Waals surface area contributed by atoms with Gasteiger partial charge < -0.3 is 5.73 Å². The molecule has 1 aromatic rings. The number of sulfonamides is 1. The number of halogens is 6. The average Bonchev–Trinajstić information content (AvgIpc) is 2.34. The van der Waals surface area contributed by atoms with Gasteiger partial charge in [0.2, 0.25) is 10.0 Å². The molecule has 0 aliphatic carbocycles. The third-order valence-electron chi connectivity index (χ3n) is 2.16. The lowest BCUT2D eigenvalue weighted by Crippen LogP contribution is -2.42. The number of alkyl halides is 2. The molecular formula is C9H8F6N2O2S. The van der Waals surface area contributed by atoms with E-state index in [2.05, 4.69) is 5.73 Å².